The molecule has 4 heteroatoms. The smallest absolute Gasteiger partial charge is 0.354 e. The Hall–Kier alpha value is -2.23. The van der Waals surface area contributed by atoms with Crippen molar-refractivity contribution in [1.29, 1.82) is 0 Å². The largest absolute Gasteiger partial charge is 0.477 e. The molecule has 0 bridgehead atoms. The zero-order valence-electron chi connectivity index (χ0n) is 12.6. The lowest BCUT2D eigenvalue weighted by Gasteiger charge is -2.31. The molecule has 1 aromatic heterocycles. The van der Waals surface area contributed by atoms with Crippen molar-refractivity contribution in [1.82, 2.24) is 9.97 Å². The Bertz CT molecular complexity index is 634. The molecule has 110 valence electrons. The third-order valence-electron chi connectivity index (χ3n) is 4.03. The Morgan fingerprint density at radius 2 is 1.76 bits per heavy atom. The molecule has 1 N–H and O–H groups in total. The van der Waals surface area contributed by atoms with Gasteiger partial charge in [-0.05, 0) is 31.4 Å². The van der Waals surface area contributed by atoms with Crippen LogP contribution in [0.5, 0.6) is 0 Å². The van der Waals surface area contributed by atoms with Crippen LogP contribution in [0.4, 0.5) is 0 Å². The minimum Gasteiger partial charge on any atom is -0.477 e. The Morgan fingerprint density at radius 3 is 2.29 bits per heavy atom. The lowest BCUT2D eigenvalue weighted by molar-refractivity contribution is 0.0689. The molecule has 0 fully saturated rings. The minimum atomic E-state index is -1.02. The van der Waals surface area contributed by atoms with Gasteiger partial charge in [0.25, 0.3) is 0 Å². The van der Waals surface area contributed by atoms with Crippen LogP contribution < -0.4 is 0 Å². The number of aryl methyl sites for hydroxylation is 1. The van der Waals surface area contributed by atoms with E-state index in [4.69, 9.17) is 0 Å². The topological polar surface area (TPSA) is 63.1 Å². The normalized spacial score (nSPS) is 11.4. The van der Waals surface area contributed by atoms with Gasteiger partial charge in [0.15, 0.2) is 5.69 Å². The lowest BCUT2D eigenvalue weighted by Crippen LogP contribution is -2.30. The second-order valence-corrected chi connectivity index (χ2v) is 5.18. The Morgan fingerprint density at radius 1 is 1.14 bits per heavy atom. The molecule has 1 heterocycles. The van der Waals surface area contributed by atoms with Gasteiger partial charge in [0.1, 0.15) is 5.82 Å². The van der Waals surface area contributed by atoms with Crippen molar-refractivity contribution in [3.05, 3.63) is 59.2 Å². The van der Waals surface area contributed by atoms with Crippen molar-refractivity contribution in [2.75, 3.05) is 0 Å². The highest BCUT2D eigenvalue weighted by molar-refractivity contribution is 5.85. The van der Waals surface area contributed by atoms with Crippen molar-refractivity contribution in [2.45, 2.75) is 39.0 Å². The number of aromatic nitrogens is 2. The van der Waals surface area contributed by atoms with Gasteiger partial charge in [0, 0.05) is 5.69 Å². The van der Waals surface area contributed by atoms with Gasteiger partial charge in [0.05, 0.1) is 5.41 Å². The van der Waals surface area contributed by atoms with E-state index >= 15 is 0 Å². The zero-order chi connectivity index (χ0) is 15.5. The second-order valence-electron chi connectivity index (χ2n) is 5.18. The summed E-state index contributed by atoms with van der Waals surface area (Å²) >= 11 is 0. The number of aromatic carboxylic acids is 1. The number of carboxylic acids is 1. The number of nitrogens with zero attached hydrogens (tertiary/aromatic N) is 2. The van der Waals surface area contributed by atoms with E-state index in [2.05, 4.69) is 35.9 Å². The van der Waals surface area contributed by atoms with Crippen molar-refractivity contribution in [3.8, 4) is 0 Å². The molecule has 0 saturated carbocycles. The molecule has 0 aliphatic rings. The first-order valence-corrected chi connectivity index (χ1v) is 7.18. The first-order chi connectivity index (χ1) is 10.0. The maximum atomic E-state index is 11.3. The molecule has 4 nitrogen and oxygen atoms in total. The maximum Gasteiger partial charge on any atom is 0.354 e. The molecule has 0 aliphatic heterocycles. The van der Waals surface area contributed by atoms with Crippen LogP contribution in [0.25, 0.3) is 0 Å². The monoisotopic (exact) mass is 284 g/mol. The average Bonchev–Trinajstić information content (AvgIpc) is 2.50. The van der Waals surface area contributed by atoms with Crippen LogP contribution in [-0.2, 0) is 5.41 Å². The SMILES string of the molecule is CCC(CC)(c1ccccc1)c1nc(C)cc(C(=O)O)n1. The predicted molar refractivity (Wildman–Crippen MR) is 81.5 cm³/mol. The third-order valence-corrected chi connectivity index (χ3v) is 4.03. The number of rotatable bonds is 5. The fourth-order valence-corrected chi connectivity index (χ4v) is 2.75. The molecule has 0 aliphatic carbocycles. The van der Waals surface area contributed by atoms with E-state index in [0.29, 0.717) is 11.5 Å². The van der Waals surface area contributed by atoms with Crippen LogP contribution in [0.3, 0.4) is 0 Å². The van der Waals surface area contributed by atoms with Crippen LogP contribution >= 0.6 is 0 Å². The van der Waals surface area contributed by atoms with Crippen molar-refractivity contribution in [3.63, 3.8) is 0 Å². The Kier molecular flexibility index (Phi) is 4.36. The molecule has 0 amide bonds. The van der Waals surface area contributed by atoms with Crippen LogP contribution in [0, 0.1) is 6.92 Å². The lowest BCUT2D eigenvalue weighted by atomic mass is 9.75. The summed E-state index contributed by atoms with van der Waals surface area (Å²) in [5.74, 6) is -0.424. The van der Waals surface area contributed by atoms with Gasteiger partial charge in [-0.15, -0.1) is 0 Å². The minimum absolute atomic E-state index is 0.0553. The molecule has 0 atom stereocenters. The Balaban J connectivity index is 2.66. The molecular formula is C17H20N2O2. The predicted octanol–water partition coefficient (Wildman–Crippen LogP) is 3.59. The summed E-state index contributed by atoms with van der Waals surface area (Å²) in [4.78, 5) is 20.1. The maximum absolute atomic E-state index is 11.3. The molecule has 2 aromatic rings. The quantitative estimate of drug-likeness (QED) is 0.911. The van der Waals surface area contributed by atoms with Crippen LogP contribution in [0.15, 0.2) is 36.4 Å². The molecule has 1 aromatic carbocycles. The second kappa shape index (κ2) is 6.04. The highest BCUT2D eigenvalue weighted by Crippen LogP contribution is 2.36. The van der Waals surface area contributed by atoms with Crippen molar-refractivity contribution < 1.29 is 9.90 Å². The molecule has 2 rings (SSSR count). The van der Waals surface area contributed by atoms with Gasteiger partial charge in [-0.25, -0.2) is 14.8 Å². The van der Waals surface area contributed by atoms with Gasteiger partial charge >= 0.3 is 5.97 Å². The fraction of sp³-hybridized carbons (Fsp3) is 0.353. The fourth-order valence-electron chi connectivity index (χ4n) is 2.75. The standard InChI is InChI=1S/C17H20N2O2/c1-4-17(5-2,13-9-7-6-8-10-13)16-18-12(3)11-14(19-16)15(20)21/h6-11H,4-5H2,1-3H3,(H,20,21). The van der Waals surface area contributed by atoms with Gasteiger partial charge < -0.3 is 5.11 Å². The number of carbonyl (C=O) groups is 1. The van der Waals surface area contributed by atoms with E-state index in [9.17, 15) is 9.90 Å². The highest BCUT2D eigenvalue weighted by atomic mass is 16.4. The van der Waals surface area contributed by atoms with Gasteiger partial charge in [-0.1, -0.05) is 44.2 Å². The summed E-state index contributed by atoms with van der Waals surface area (Å²) < 4.78 is 0. The molecule has 21 heavy (non-hydrogen) atoms. The number of hydrogen-bond acceptors (Lipinski definition) is 3. The van der Waals surface area contributed by atoms with E-state index < -0.39 is 5.97 Å². The molecule has 0 spiro atoms. The summed E-state index contributed by atoms with van der Waals surface area (Å²) in [5, 5.41) is 9.23. The summed E-state index contributed by atoms with van der Waals surface area (Å²) in [6, 6.07) is 11.6. The first-order valence-electron chi connectivity index (χ1n) is 7.18. The number of benzene rings is 1. The zero-order valence-corrected chi connectivity index (χ0v) is 12.6. The van der Waals surface area contributed by atoms with Gasteiger partial charge in [-0.2, -0.15) is 0 Å². The van der Waals surface area contributed by atoms with E-state index in [-0.39, 0.29) is 11.1 Å². The van der Waals surface area contributed by atoms with Gasteiger partial charge in [-0.3, -0.25) is 0 Å². The highest BCUT2D eigenvalue weighted by Gasteiger charge is 2.34. The average molecular weight is 284 g/mol. The van der Waals surface area contributed by atoms with Crippen LogP contribution in [0.1, 0.15) is 54.3 Å². The summed E-state index contributed by atoms with van der Waals surface area (Å²) in [6.07, 6.45) is 1.63. The van der Waals surface area contributed by atoms with E-state index in [1.165, 1.54) is 6.07 Å². The Labute approximate surface area is 124 Å². The molecular weight excluding hydrogens is 264 g/mol. The summed E-state index contributed by atoms with van der Waals surface area (Å²) in [6.45, 7) is 5.98. The molecule has 0 unspecified atom stereocenters. The third kappa shape index (κ3) is 2.79. The van der Waals surface area contributed by atoms with E-state index in [1.54, 1.807) is 6.92 Å². The summed E-state index contributed by atoms with van der Waals surface area (Å²) in [7, 11) is 0. The van der Waals surface area contributed by atoms with Crippen molar-refractivity contribution >= 4 is 5.97 Å². The van der Waals surface area contributed by atoms with Crippen LogP contribution in [-0.4, -0.2) is 21.0 Å². The first kappa shape index (κ1) is 15.2. The van der Waals surface area contributed by atoms with Crippen LogP contribution in [0.2, 0.25) is 0 Å². The van der Waals surface area contributed by atoms with E-state index in [0.717, 1.165) is 18.4 Å². The molecule has 0 radical (unpaired) electrons. The summed E-state index contributed by atoms with van der Waals surface area (Å²) in [5.41, 5.74) is 1.51. The number of carboxylic acid groups (broad SMARTS) is 1. The molecule has 0 saturated heterocycles. The van der Waals surface area contributed by atoms with Gasteiger partial charge in [0.2, 0.25) is 0 Å². The number of hydrogen-bond donors (Lipinski definition) is 1. The van der Waals surface area contributed by atoms with Crippen molar-refractivity contribution in [2.24, 2.45) is 0 Å². The van der Waals surface area contributed by atoms with E-state index in [1.807, 2.05) is 18.2 Å².